The van der Waals surface area contributed by atoms with Gasteiger partial charge in [-0.2, -0.15) is 0 Å². The lowest BCUT2D eigenvalue weighted by atomic mass is 9.97. The molecule has 128 valence electrons. The fourth-order valence-electron chi connectivity index (χ4n) is 3.34. The first kappa shape index (κ1) is 18.9. The van der Waals surface area contributed by atoms with E-state index in [1.165, 1.54) is 6.92 Å². The van der Waals surface area contributed by atoms with Crippen molar-refractivity contribution in [2.75, 3.05) is 20.3 Å². The number of hydrogen-bond acceptors (Lipinski definition) is 4. The average molecular weight is 314 g/mol. The van der Waals surface area contributed by atoms with E-state index < -0.39 is 12.0 Å². The van der Waals surface area contributed by atoms with Crippen LogP contribution in [0.2, 0.25) is 0 Å². The van der Waals surface area contributed by atoms with Crippen LogP contribution >= 0.6 is 0 Å². The molecule has 1 heterocycles. The molecule has 1 aliphatic rings. The summed E-state index contributed by atoms with van der Waals surface area (Å²) >= 11 is 0. The van der Waals surface area contributed by atoms with Gasteiger partial charge in [-0.3, -0.25) is 14.5 Å². The van der Waals surface area contributed by atoms with E-state index in [1.807, 2.05) is 4.90 Å². The number of nitrogens with zero attached hydrogens (tertiary/aromatic N) is 1. The summed E-state index contributed by atoms with van der Waals surface area (Å²) in [5.74, 6) is -0.259. The van der Waals surface area contributed by atoms with E-state index in [4.69, 9.17) is 4.74 Å². The zero-order valence-corrected chi connectivity index (χ0v) is 14.2. The summed E-state index contributed by atoms with van der Waals surface area (Å²) in [5.41, 5.74) is 0. The Morgan fingerprint density at radius 3 is 2.45 bits per heavy atom. The van der Waals surface area contributed by atoms with Gasteiger partial charge in [-0.15, -0.1) is 0 Å². The minimum Gasteiger partial charge on any atom is -0.480 e. The summed E-state index contributed by atoms with van der Waals surface area (Å²) in [4.78, 5) is 25.1. The molecule has 0 radical (unpaired) electrons. The van der Waals surface area contributed by atoms with E-state index in [0.717, 1.165) is 19.3 Å². The molecular formula is C16H30N2O4. The number of nitrogens with one attached hydrogen (secondary N) is 1. The van der Waals surface area contributed by atoms with Crippen molar-refractivity contribution in [1.82, 2.24) is 10.2 Å². The number of carboxylic acid groups (broad SMARTS) is 1. The summed E-state index contributed by atoms with van der Waals surface area (Å²) in [6.07, 6.45) is 3.20. The van der Waals surface area contributed by atoms with Gasteiger partial charge < -0.3 is 15.2 Å². The second-order valence-corrected chi connectivity index (χ2v) is 6.24. The van der Waals surface area contributed by atoms with E-state index >= 15 is 0 Å². The second kappa shape index (κ2) is 9.10. The molecule has 0 aromatic heterocycles. The van der Waals surface area contributed by atoms with Gasteiger partial charge in [-0.05, 0) is 24.7 Å². The normalized spacial score (nSPS) is 23.7. The lowest BCUT2D eigenvalue weighted by Crippen LogP contribution is -2.52. The summed E-state index contributed by atoms with van der Waals surface area (Å²) < 4.78 is 5.18. The minimum atomic E-state index is -0.821. The molecule has 22 heavy (non-hydrogen) atoms. The molecule has 0 bridgehead atoms. The number of hydrogen-bond donors (Lipinski definition) is 2. The van der Waals surface area contributed by atoms with Crippen molar-refractivity contribution in [2.45, 2.75) is 58.7 Å². The van der Waals surface area contributed by atoms with Crippen molar-refractivity contribution in [3.05, 3.63) is 0 Å². The fourth-order valence-corrected chi connectivity index (χ4v) is 3.34. The highest BCUT2D eigenvalue weighted by Crippen LogP contribution is 2.28. The van der Waals surface area contributed by atoms with Crippen LogP contribution in [-0.2, 0) is 14.3 Å². The standard InChI is InChI=1S/C16H30N2O4/c1-5-12(6-2)8-15(17-11(3)19)18-9-13(10-22-4)7-14(18)16(20)21/h12-15H,5-10H2,1-4H3,(H,17,19)(H,20,21). The summed E-state index contributed by atoms with van der Waals surface area (Å²) in [6, 6.07) is -0.550. The van der Waals surface area contributed by atoms with Crippen LogP contribution in [0.15, 0.2) is 0 Å². The largest absolute Gasteiger partial charge is 0.480 e. The van der Waals surface area contributed by atoms with E-state index in [9.17, 15) is 14.7 Å². The number of aliphatic carboxylic acids is 1. The van der Waals surface area contributed by atoms with Gasteiger partial charge in [-0.1, -0.05) is 26.7 Å². The van der Waals surface area contributed by atoms with Crippen molar-refractivity contribution in [2.24, 2.45) is 11.8 Å². The van der Waals surface area contributed by atoms with E-state index in [1.54, 1.807) is 7.11 Å². The van der Waals surface area contributed by atoms with Crippen molar-refractivity contribution in [3.8, 4) is 0 Å². The molecule has 1 rings (SSSR count). The number of likely N-dealkylation sites (tertiary alicyclic amines) is 1. The average Bonchev–Trinajstić information content (AvgIpc) is 2.87. The van der Waals surface area contributed by atoms with Crippen molar-refractivity contribution >= 4 is 11.9 Å². The van der Waals surface area contributed by atoms with Crippen molar-refractivity contribution < 1.29 is 19.4 Å². The Labute approximate surface area is 133 Å². The quantitative estimate of drug-likeness (QED) is 0.677. The van der Waals surface area contributed by atoms with Gasteiger partial charge >= 0.3 is 5.97 Å². The smallest absolute Gasteiger partial charge is 0.320 e. The van der Waals surface area contributed by atoms with Crippen molar-refractivity contribution in [1.29, 1.82) is 0 Å². The maximum absolute atomic E-state index is 11.6. The molecule has 1 aliphatic heterocycles. The SMILES string of the molecule is CCC(CC)CC(NC(C)=O)N1CC(COC)CC1C(=O)O. The molecule has 1 fully saturated rings. The third-order valence-electron chi connectivity index (χ3n) is 4.59. The summed E-state index contributed by atoms with van der Waals surface area (Å²) in [7, 11) is 1.63. The van der Waals surface area contributed by atoms with Gasteiger partial charge in [0, 0.05) is 20.6 Å². The molecule has 3 unspecified atom stereocenters. The third-order valence-corrected chi connectivity index (χ3v) is 4.59. The zero-order chi connectivity index (χ0) is 16.7. The predicted octanol–water partition coefficient (Wildman–Crippen LogP) is 1.70. The molecule has 0 aromatic rings. The number of carboxylic acids is 1. The minimum absolute atomic E-state index is 0.115. The van der Waals surface area contributed by atoms with Gasteiger partial charge in [0.25, 0.3) is 0 Å². The number of ether oxygens (including phenoxy) is 1. The predicted molar refractivity (Wildman–Crippen MR) is 84.4 cm³/mol. The maximum atomic E-state index is 11.6. The Hall–Kier alpha value is -1.14. The Morgan fingerprint density at radius 1 is 1.36 bits per heavy atom. The van der Waals surface area contributed by atoms with Crippen molar-refractivity contribution in [3.63, 3.8) is 0 Å². The molecule has 0 aromatic carbocycles. The van der Waals surface area contributed by atoms with Gasteiger partial charge in [-0.25, -0.2) is 0 Å². The van der Waals surface area contributed by atoms with E-state index in [2.05, 4.69) is 19.2 Å². The second-order valence-electron chi connectivity index (χ2n) is 6.24. The van der Waals surface area contributed by atoms with Crippen LogP contribution in [0.1, 0.15) is 46.5 Å². The fraction of sp³-hybridized carbons (Fsp3) is 0.875. The molecule has 0 aliphatic carbocycles. The summed E-state index contributed by atoms with van der Waals surface area (Å²) in [5, 5.41) is 12.5. The molecule has 6 nitrogen and oxygen atoms in total. The number of carbonyl (C=O) groups is 2. The van der Waals surface area contributed by atoms with E-state index in [0.29, 0.717) is 25.5 Å². The van der Waals surface area contributed by atoms with Gasteiger partial charge in [0.1, 0.15) is 6.04 Å². The first-order chi connectivity index (χ1) is 10.4. The first-order valence-electron chi connectivity index (χ1n) is 8.17. The monoisotopic (exact) mass is 314 g/mol. The van der Waals surface area contributed by atoms with Crippen LogP contribution < -0.4 is 5.32 Å². The molecule has 2 N–H and O–H groups in total. The number of amides is 1. The number of rotatable bonds is 9. The molecule has 1 amide bonds. The van der Waals surface area contributed by atoms with Crippen LogP contribution in [0.25, 0.3) is 0 Å². The zero-order valence-electron chi connectivity index (χ0n) is 14.2. The lowest BCUT2D eigenvalue weighted by Gasteiger charge is -2.33. The molecule has 0 saturated carbocycles. The van der Waals surface area contributed by atoms with Crippen LogP contribution in [0.3, 0.4) is 0 Å². The highest BCUT2D eigenvalue weighted by Gasteiger charge is 2.41. The topological polar surface area (TPSA) is 78.9 Å². The van der Waals surface area contributed by atoms with Gasteiger partial charge in [0.05, 0.1) is 12.8 Å². The Kier molecular flexibility index (Phi) is 7.82. The molecule has 1 saturated heterocycles. The highest BCUT2D eigenvalue weighted by atomic mass is 16.5. The molecule has 3 atom stereocenters. The third kappa shape index (κ3) is 5.25. The molecule has 0 spiro atoms. The van der Waals surface area contributed by atoms with E-state index in [-0.39, 0.29) is 18.0 Å². The molecule has 6 heteroatoms. The van der Waals surface area contributed by atoms with Crippen LogP contribution in [0.5, 0.6) is 0 Å². The van der Waals surface area contributed by atoms with Gasteiger partial charge in [0.2, 0.25) is 5.91 Å². The Morgan fingerprint density at radius 2 is 2.00 bits per heavy atom. The Bertz CT molecular complexity index is 371. The molecular weight excluding hydrogens is 284 g/mol. The lowest BCUT2D eigenvalue weighted by molar-refractivity contribution is -0.144. The van der Waals surface area contributed by atoms with Crippen LogP contribution in [0.4, 0.5) is 0 Å². The van der Waals surface area contributed by atoms with Gasteiger partial charge in [0.15, 0.2) is 0 Å². The Balaban J connectivity index is 2.88. The highest BCUT2D eigenvalue weighted by molar-refractivity contribution is 5.75. The maximum Gasteiger partial charge on any atom is 0.320 e. The number of carbonyl (C=O) groups excluding carboxylic acids is 1. The van der Waals surface area contributed by atoms with Crippen LogP contribution in [-0.4, -0.2) is 54.4 Å². The van der Waals surface area contributed by atoms with Crippen LogP contribution in [0, 0.1) is 11.8 Å². The summed E-state index contributed by atoms with van der Waals surface area (Å²) in [6.45, 7) is 6.95. The first-order valence-corrected chi connectivity index (χ1v) is 8.17. The number of methoxy groups -OCH3 is 1.